The second-order valence-electron chi connectivity index (χ2n) is 10.0. The highest BCUT2D eigenvalue weighted by atomic mass is 16.5. The van der Waals surface area contributed by atoms with Gasteiger partial charge in [0.1, 0.15) is 5.75 Å². The molecule has 0 aliphatic carbocycles. The number of hydrogen-bond acceptors (Lipinski definition) is 5. The molecule has 3 aromatic carbocycles. The van der Waals surface area contributed by atoms with Crippen LogP contribution in [0.1, 0.15) is 47.2 Å². The van der Waals surface area contributed by atoms with Gasteiger partial charge in [-0.1, -0.05) is 30.3 Å². The average molecular weight is 488 g/mol. The normalized spacial score (nSPS) is 17.8. The molecule has 36 heavy (non-hydrogen) atoms. The van der Waals surface area contributed by atoms with Crippen molar-refractivity contribution in [1.29, 1.82) is 0 Å². The SMILES string of the molecule is COc1cccc(C(=O)NC2CCN(Cc3ccc4ccc(CNC5CCOCC5)cc4c3)CC2)c1. The van der Waals surface area contributed by atoms with Crippen LogP contribution in [0.5, 0.6) is 5.75 Å². The van der Waals surface area contributed by atoms with Gasteiger partial charge in [0.05, 0.1) is 7.11 Å². The molecule has 2 aliphatic heterocycles. The molecule has 6 nitrogen and oxygen atoms in total. The standard InChI is InChI=1S/C30H37N3O3/c1-35-29-4-2-3-25(19-29)30(34)32-28-9-13-33(14-10-28)21-23-6-8-24-7-5-22(17-26(24)18-23)20-31-27-11-15-36-16-12-27/h2-8,17-19,27-28,31H,9-16,20-21H2,1H3,(H,32,34). The zero-order valence-electron chi connectivity index (χ0n) is 21.2. The Bertz CT molecular complexity index is 1170. The van der Waals surface area contributed by atoms with Crippen LogP contribution in [0, 0.1) is 0 Å². The van der Waals surface area contributed by atoms with Crippen molar-refractivity contribution in [3.63, 3.8) is 0 Å². The Balaban J connectivity index is 1.13. The molecule has 0 atom stereocenters. The van der Waals surface area contributed by atoms with Crippen LogP contribution < -0.4 is 15.4 Å². The monoisotopic (exact) mass is 487 g/mol. The van der Waals surface area contributed by atoms with Gasteiger partial charge < -0.3 is 20.1 Å². The van der Waals surface area contributed by atoms with E-state index in [1.165, 1.54) is 21.9 Å². The van der Waals surface area contributed by atoms with Gasteiger partial charge in [-0.2, -0.15) is 0 Å². The summed E-state index contributed by atoms with van der Waals surface area (Å²) < 4.78 is 10.7. The number of amides is 1. The van der Waals surface area contributed by atoms with E-state index in [2.05, 4.69) is 51.9 Å². The summed E-state index contributed by atoms with van der Waals surface area (Å²) in [5, 5.41) is 9.48. The van der Waals surface area contributed by atoms with Gasteiger partial charge in [-0.05, 0) is 77.9 Å². The third-order valence-corrected chi connectivity index (χ3v) is 7.45. The number of nitrogens with zero attached hydrogens (tertiary/aromatic N) is 1. The van der Waals surface area contributed by atoms with E-state index in [1.54, 1.807) is 13.2 Å². The van der Waals surface area contributed by atoms with Crippen LogP contribution in [0.2, 0.25) is 0 Å². The first-order valence-electron chi connectivity index (χ1n) is 13.2. The van der Waals surface area contributed by atoms with E-state index in [4.69, 9.17) is 9.47 Å². The largest absolute Gasteiger partial charge is 0.497 e. The summed E-state index contributed by atoms with van der Waals surface area (Å²) in [6.45, 7) is 5.54. The van der Waals surface area contributed by atoms with Gasteiger partial charge in [0.25, 0.3) is 5.91 Å². The van der Waals surface area contributed by atoms with Gasteiger partial charge in [-0.25, -0.2) is 0 Å². The number of carbonyl (C=O) groups is 1. The lowest BCUT2D eigenvalue weighted by Gasteiger charge is -2.32. The highest BCUT2D eigenvalue weighted by molar-refractivity contribution is 5.94. The molecule has 2 N–H and O–H groups in total. The summed E-state index contributed by atoms with van der Waals surface area (Å²) in [5.41, 5.74) is 3.32. The first-order chi connectivity index (χ1) is 17.7. The third-order valence-electron chi connectivity index (χ3n) is 7.45. The van der Waals surface area contributed by atoms with Crippen LogP contribution >= 0.6 is 0 Å². The zero-order valence-corrected chi connectivity index (χ0v) is 21.2. The lowest BCUT2D eigenvalue weighted by atomic mass is 10.0. The summed E-state index contributed by atoms with van der Waals surface area (Å²) in [6.07, 6.45) is 4.12. The Labute approximate surface area is 214 Å². The van der Waals surface area contributed by atoms with E-state index in [1.807, 2.05) is 18.2 Å². The first kappa shape index (κ1) is 24.8. The maximum Gasteiger partial charge on any atom is 0.251 e. The maximum absolute atomic E-state index is 12.7. The predicted octanol–water partition coefficient (Wildman–Crippen LogP) is 4.51. The van der Waals surface area contributed by atoms with E-state index >= 15 is 0 Å². The van der Waals surface area contributed by atoms with Gasteiger partial charge in [0.15, 0.2) is 0 Å². The molecule has 0 spiro atoms. The van der Waals surface area contributed by atoms with Crippen LogP contribution in [0.25, 0.3) is 10.8 Å². The molecule has 2 heterocycles. The Morgan fingerprint density at radius 2 is 1.67 bits per heavy atom. The molecule has 0 saturated carbocycles. The molecule has 0 bridgehead atoms. The number of fused-ring (bicyclic) bond motifs is 1. The highest BCUT2D eigenvalue weighted by Gasteiger charge is 2.21. The minimum Gasteiger partial charge on any atom is -0.497 e. The molecule has 2 fully saturated rings. The van der Waals surface area contributed by atoms with Crippen molar-refractivity contribution in [3.8, 4) is 5.75 Å². The van der Waals surface area contributed by atoms with Crippen molar-refractivity contribution in [1.82, 2.24) is 15.5 Å². The van der Waals surface area contributed by atoms with Crippen LogP contribution in [-0.2, 0) is 17.8 Å². The Morgan fingerprint density at radius 3 is 2.44 bits per heavy atom. The number of methoxy groups -OCH3 is 1. The van der Waals surface area contributed by atoms with Crippen molar-refractivity contribution < 1.29 is 14.3 Å². The van der Waals surface area contributed by atoms with Crippen LogP contribution in [0.15, 0.2) is 60.7 Å². The molecular formula is C30H37N3O3. The van der Waals surface area contributed by atoms with Crippen molar-refractivity contribution in [2.75, 3.05) is 33.4 Å². The minimum absolute atomic E-state index is 0.0241. The third kappa shape index (κ3) is 6.44. The van der Waals surface area contributed by atoms with E-state index in [-0.39, 0.29) is 11.9 Å². The fourth-order valence-electron chi connectivity index (χ4n) is 5.24. The van der Waals surface area contributed by atoms with E-state index in [0.717, 1.165) is 65.1 Å². The molecule has 6 heteroatoms. The molecule has 0 aromatic heterocycles. The number of nitrogens with one attached hydrogen (secondary N) is 2. The van der Waals surface area contributed by atoms with Crippen molar-refractivity contribution in [2.45, 2.75) is 50.9 Å². The van der Waals surface area contributed by atoms with Gasteiger partial charge in [0, 0.05) is 57.0 Å². The van der Waals surface area contributed by atoms with Gasteiger partial charge in [-0.3, -0.25) is 9.69 Å². The fourth-order valence-corrected chi connectivity index (χ4v) is 5.24. The van der Waals surface area contributed by atoms with Gasteiger partial charge in [-0.15, -0.1) is 0 Å². The topological polar surface area (TPSA) is 62.8 Å². The van der Waals surface area contributed by atoms with Crippen molar-refractivity contribution in [3.05, 3.63) is 77.4 Å². The Kier molecular flexibility index (Phi) is 8.16. The summed E-state index contributed by atoms with van der Waals surface area (Å²) >= 11 is 0. The lowest BCUT2D eigenvalue weighted by molar-refractivity contribution is 0.0776. The van der Waals surface area contributed by atoms with E-state index in [9.17, 15) is 4.79 Å². The van der Waals surface area contributed by atoms with E-state index in [0.29, 0.717) is 17.4 Å². The number of carbonyl (C=O) groups excluding carboxylic acids is 1. The second kappa shape index (κ2) is 11.9. The summed E-state index contributed by atoms with van der Waals surface area (Å²) in [5.74, 6) is 0.680. The summed E-state index contributed by atoms with van der Waals surface area (Å²) in [4.78, 5) is 15.1. The predicted molar refractivity (Wildman–Crippen MR) is 143 cm³/mol. The zero-order chi connectivity index (χ0) is 24.7. The molecule has 0 radical (unpaired) electrons. The lowest BCUT2D eigenvalue weighted by Crippen LogP contribution is -2.44. The number of piperidine rings is 1. The molecule has 2 saturated heterocycles. The molecule has 0 unspecified atom stereocenters. The molecule has 190 valence electrons. The fraction of sp³-hybridized carbons (Fsp3) is 0.433. The van der Waals surface area contributed by atoms with Gasteiger partial charge >= 0.3 is 0 Å². The smallest absolute Gasteiger partial charge is 0.251 e. The van der Waals surface area contributed by atoms with Crippen molar-refractivity contribution >= 4 is 16.7 Å². The Hall–Kier alpha value is -2.93. The van der Waals surface area contributed by atoms with Gasteiger partial charge in [0.2, 0.25) is 0 Å². The number of ether oxygens (including phenoxy) is 2. The molecular weight excluding hydrogens is 450 g/mol. The number of likely N-dealkylation sites (tertiary alicyclic amines) is 1. The first-order valence-corrected chi connectivity index (χ1v) is 13.2. The van der Waals surface area contributed by atoms with Crippen molar-refractivity contribution in [2.24, 2.45) is 0 Å². The second-order valence-corrected chi connectivity index (χ2v) is 10.0. The Morgan fingerprint density at radius 1 is 0.917 bits per heavy atom. The highest BCUT2D eigenvalue weighted by Crippen LogP contribution is 2.21. The number of benzene rings is 3. The minimum atomic E-state index is -0.0241. The van der Waals surface area contributed by atoms with Crippen LogP contribution in [0.4, 0.5) is 0 Å². The molecule has 1 amide bonds. The summed E-state index contributed by atoms with van der Waals surface area (Å²) in [7, 11) is 1.62. The summed E-state index contributed by atoms with van der Waals surface area (Å²) in [6, 6.07) is 21.7. The number of hydrogen-bond donors (Lipinski definition) is 2. The molecule has 2 aliphatic rings. The molecule has 5 rings (SSSR count). The quantitative estimate of drug-likeness (QED) is 0.490. The molecule has 3 aromatic rings. The maximum atomic E-state index is 12.7. The van der Waals surface area contributed by atoms with E-state index < -0.39 is 0 Å². The van der Waals surface area contributed by atoms with Crippen LogP contribution in [-0.4, -0.2) is 56.3 Å². The number of rotatable bonds is 8. The van der Waals surface area contributed by atoms with Crippen LogP contribution in [0.3, 0.4) is 0 Å². The average Bonchev–Trinajstić information content (AvgIpc) is 2.93.